The highest BCUT2D eigenvalue weighted by Gasteiger charge is 2.16. The number of nitrogens with zero attached hydrogens (tertiary/aromatic N) is 1. The molecule has 1 aromatic rings. The van der Waals surface area contributed by atoms with Crippen molar-refractivity contribution in [3.05, 3.63) is 34.4 Å². The van der Waals surface area contributed by atoms with Crippen LogP contribution >= 0.6 is 0 Å². The molecule has 0 heterocycles. The molecule has 3 N–H and O–H groups in total. The summed E-state index contributed by atoms with van der Waals surface area (Å²) in [5.74, 6) is 0. The molecule has 0 spiro atoms. The van der Waals surface area contributed by atoms with E-state index in [9.17, 15) is 19.7 Å². The molecular weight excluding hydrogens is 304 g/mol. The van der Waals surface area contributed by atoms with Crippen LogP contribution in [0.5, 0.6) is 0 Å². The molecule has 0 saturated heterocycles. The molecule has 126 valence electrons. The summed E-state index contributed by atoms with van der Waals surface area (Å²) in [7, 11) is 0. The first-order valence-electron chi connectivity index (χ1n) is 6.94. The smallest absolute Gasteiger partial charge is 0.407 e. The van der Waals surface area contributed by atoms with Crippen LogP contribution < -0.4 is 16.0 Å². The van der Waals surface area contributed by atoms with Gasteiger partial charge < -0.3 is 20.7 Å². The summed E-state index contributed by atoms with van der Waals surface area (Å²) >= 11 is 0. The average Bonchev–Trinajstić information content (AvgIpc) is 2.42. The summed E-state index contributed by atoms with van der Waals surface area (Å²) in [6.07, 6.45) is -0.585. The van der Waals surface area contributed by atoms with Gasteiger partial charge in [-0.25, -0.2) is 9.59 Å². The first-order valence-corrected chi connectivity index (χ1v) is 6.94. The minimum atomic E-state index is -0.606. The van der Waals surface area contributed by atoms with Gasteiger partial charge in [0.05, 0.1) is 4.92 Å². The maximum Gasteiger partial charge on any atom is 0.407 e. The van der Waals surface area contributed by atoms with Crippen LogP contribution in [0.1, 0.15) is 20.8 Å². The number of rotatable bonds is 5. The number of nitrogens with one attached hydrogen (secondary N) is 3. The van der Waals surface area contributed by atoms with Gasteiger partial charge in [0, 0.05) is 19.2 Å². The number of amides is 3. The van der Waals surface area contributed by atoms with Crippen LogP contribution in [0.4, 0.5) is 21.0 Å². The molecule has 0 aliphatic heterocycles. The lowest BCUT2D eigenvalue weighted by atomic mass is 10.2. The third kappa shape index (κ3) is 7.11. The number of anilines is 1. The Hall–Kier alpha value is -2.84. The third-order valence-electron chi connectivity index (χ3n) is 2.43. The number of nitro groups is 1. The second-order valence-electron chi connectivity index (χ2n) is 5.58. The van der Waals surface area contributed by atoms with Gasteiger partial charge in [-0.15, -0.1) is 0 Å². The van der Waals surface area contributed by atoms with Gasteiger partial charge in [0.1, 0.15) is 11.3 Å². The summed E-state index contributed by atoms with van der Waals surface area (Å²) in [6, 6.07) is 5.19. The van der Waals surface area contributed by atoms with Crippen molar-refractivity contribution in [1.82, 2.24) is 10.6 Å². The number of ether oxygens (including phenoxy) is 1. The van der Waals surface area contributed by atoms with Crippen LogP contribution in [0.25, 0.3) is 0 Å². The fourth-order valence-corrected chi connectivity index (χ4v) is 1.56. The van der Waals surface area contributed by atoms with Gasteiger partial charge in [0.2, 0.25) is 0 Å². The summed E-state index contributed by atoms with van der Waals surface area (Å²) in [4.78, 5) is 33.3. The number of hydrogen-bond donors (Lipinski definition) is 3. The van der Waals surface area contributed by atoms with Crippen molar-refractivity contribution in [2.45, 2.75) is 26.4 Å². The third-order valence-corrected chi connectivity index (χ3v) is 2.43. The first kappa shape index (κ1) is 18.2. The maximum absolute atomic E-state index is 11.7. The van der Waals surface area contributed by atoms with Crippen molar-refractivity contribution in [1.29, 1.82) is 0 Å². The Bertz CT molecular complexity index is 583. The molecule has 0 aliphatic rings. The second kappa shape index (κ2) is 7.97. The molecule has 9 nitrogen and oxygen atoms in total. The van der Waals surface area contributed by atoms with E-state index in [1.54, 1.807) is 26.8 Å². The largest absolute Gasteiger partial charge is 0.444 e. The zero-order chi connectivity index (χ0) is 17.5. The Morgan fingerprint density at radius 1 is 1.17 bits per heavy atom. The molecule has 0 aliphatic carbocycles. The van der Waals surface area contributed by atoms with Crippen molar-refractivity contribution in [3.63, 3.8) is 0 Å². The van der Waals surface area contributed by atoms with Crippen molar-refractivity contribution in [2.24, 2.45) is 0 Å². The van der Waals surface area contributed by atoms with Crippen molar-refractivity contribution in [2.75, 3.05) is 18.4 Å². The van der Waals surface area contributed by atoms with Crippen molar-refractivity contribution >= 4 is 23.5 Å². The first-order chi connectivity index (χ1) is 10.7. The van der Waals surface area contributed by atoms with Crippen molar-refractivity contribution in [3.8, 4) is 0 Å². The molecule has 0 atom stereocenters. The molecule has 3 amide bonds. The van der Waals surface area contributed by atoms with E-state index < -0.39 is 22.6 Å². The van der Waals surface area contributed by atoms with Gasteiger partial charge in [-0.05, 0) is 26.8 Å². The molecule has 0 aromatic heterocycles. The monoisotopic (exact) mass is 324 g/mol. The number of para-hydroxylation sites is 2. The molecule has 0 radical (unpaired) electrons. The van der Waals surface area contributed by atoms with Gasteiger partial charge in [0.25, 0.3) is 5.69 Å². The highest BCUT2D eigenvalue weighted by Crippen LogP contribution is 2.22. The Kier molecular flexibility index (Phi) is 6.31. The highest BCUT2D eigenvalue weighted by atomic mass is 16.6. The molecule has 0 saturated carbocycles. The lowest BCUT2D eigenvalue weighted by Gasteiger charge is -2.19. The fourth-order valence-electron chi connectivity index (χ4n) is 1.56. The van der Waals surface area contributed by atoms with Crippen LogP contribution in [0.15, 0.2) is 24.3 Å². The van der Waals surface area contributed by atoms with E-state index in [1.807, 2.05) is 0 Å². The van der Waals surface area contributed by atoms with Gasteiger partial charge in [-0.1, -0.05) is 12.1 Å². The van der Waals surface area contributed by atoms with E-state index in [2.05, 4.69) is 16.0 Å². The van der Waals surface area contributed by atoms with Crippen LogP contribution in [0.2, 0.25) is 0 Å². The SMILES string of the molecule is CC(C)(C)OC(=O)NCCNC(=O)Nc1ccccc1[N+](=O)[O-]. The quantitative estimate of drug-likeness (QED) is 0.435. The Morgan fingerprint density at radius 2 is 1.78 bits per heavy atom. The second-order valence-corrected chi connectivity index (χ2v) is 5.58. The summed E-state index contributed by atoms with van der Waals surface area (Å²) in [5.41, 5.74) is -0.703. The lowest BCUT2D eigenvalue weighted by Crippen LogP contribution is -2.39. The van der Waals surface area contributed by atoms with E-state index in [1.165, 1.54) is 18.2 Å². The Balaban J connectivity index is 2.36. The lowest BCUT2D eigenvalue weighted by molar-refractivity contribution is -0.383. The Labute approximate surface area is 133 Å². The number of carbonyl (C=O) groups is 2. The van der Waals surface area contributed by atoms with Crippen LogP contribution in [0.3, 0.4) is 0 Å². The molecular formula is C14H20N4O5. The summed E-state index contributed by atoms with van der Waals surface area (Å²) < 4.78 is 5.03. The maximum atomic E-state index is 11.7. The van der Waals surface area contributed by atoms with Crippen LogP contribution in [-0.4, -0.2) is 35.7 Å². The van der Waals surface area contributed by atoms with Crippen LogP contribution in [0, 0.1) is 10.1 Å². The average molecular weight is 324 g/mol. The van der Waals surface area contributed by atoms with E-state index >= 15 is 0 Å². The van der Waals surface area contributed by atoms with Gasteiger partial charge in [-0.2, -0.15) is 0 Å². The number of alkyl carbamates (subject to hydrolysis) is 1. The normalized spacial score (nSPS) is 10.6. The van der Waals surface area contributed by atoms with Gasteiger partial charge in [0.15, 0.2) is 0 Å². The molecule has 23 heavy (non-hydrogen) atoms. The zero-order valence-corrected chi connectivity index (χ0v) is 13.2. The predicted molar refractivity (Wildman–Crippen MR) is 84.4 cm³/mol. The van der Waals surface area contributed by atoms with E-state index in [-0.39, 0.29) is 24.5 Å². The van der Waals surface area contributed by atoms with E-state index in [0.29, 0.717) is 0 Å². The molecule has 0 bridgehead atoms. The standard InChI is InChI=1S/C14H20N4O5/c1-14(2,3)23-13(20)16-9-8-15-12(19)17-10-6-4-5-7-11(10)18(21)22/h4-7H,8-9H2,1-3H3,(H,16,20)(H2,15,17,19). The molecule has 1 aromatic carbocycles. The number of carbonyl (C=O) groups excluding carboxylic acids is 2. The number of hydrogen-bond acceptors (Lipinski definition) is 5. The number of urea groups is 1. The fraction of sp³-hybridized carbons (Fsp3) is 0.429. The van der Waals surface area contributed by atoms with Crippen LogP contribution in [-0.2, 0) is 4.74 Å². The summed E-state index contributed by atoms with van der Waals surface area (Å²) in [6.45, 7) is 5.53. The Morgan fingerprint density at radius 3 is 2.39 bits per heavy atom. The molecule has 0 fully saturated rings. The predicted octanol–water partition coefficient (Wildman–Crippen LogP) is 2.24. The van der Waals surface area contributed by atoms with E-state index in [0.717, 1.165) is 0 Å². The molecule has 9 heteroatoms. The number of benzene rings is 1. The summed E-state index contributed by atoms with van der Waals surface area (Å²) in [5, 5.41) is 18.2. The minimum Gasteiger partial charge on any atom is -0.444 e. The van der Waals surface area contributed by atoms with E-state index in [4.69, 9.17) is 4.74 Å². The van der Waals surface area contributed by atoms with Gasteiger partial charge >= 0.3 is 12.1 Å². The zero-order valence-electron chi connectivity index (χ0n) is 13.2. The highest BCUT2D eigenvalue weighted by molar-refractivity contribution is 5.91. The topological polar surface area (TPSA) is 123 Å². The molecule has 0 unspecified atom stereocenters. The minimum absolute atomic E-state index is 0.0927. The molecule has 1 rings (SSSR count). The number of nitro benzene ring substituents is 1. The van der Waals surface area contributed by atoms with Crippen molar-refractivity contribution < 1.29 is 19.2 Å². The van der Waals surface area contributed by atoms with Gasteiger partial charge in [-0.3, -0.25) is 10.1 Å².